The van der Waals surface area contributed by atoms with Crippen molar-refractivity contribution in [1.82, 2.24) is 0 Å². The Kier molecular flexibility index (Phi) is 8.04. The molecular formula is C10F22O3. The van der Waals surface area contributed by atoms with E-state index in [1.165, 1.54) is 0 Å². The molecule has 0 aliphatic carbocycles. The summed E-state index contributed by atoms with van der Waals surface area (Å²) in [5.74, 6) is -34.7. The standard InChI is InChI=1S/C10F22O3/c11-1(12,2(13,14)6(21,22)34-9(27,28)29)4(17,5(18,19)20)33-7(23,24)3(15,16)8(25,26)35-10(30,31)32. The first-order valence-electron chi connectivity index (χ1n) is 6.88. The van der Waals surface area contributed by atoms with E-state index in [-0.39, 0.29) is 0 Å². The molecule has 0 aromatic carbocycles. The summed E-state index contributed by atoms with van der Waals surface area (Å²) in [7, 11) is 0. The number of alkyl halides is 22. The van der Waals surface area contributed by atoms with Crippen molar-refractivity contribution in [3.63, 3.8) is 0 Å². The van der Waals surface area contributed by atoms with Crippen molar-refractivity contribution < 1.29 is 111 Å². The fraction of sp³-hybridized carbons (Fsp3) is 1.00. The van der Waals surface area contributed by atoms with Gasteiger partial charge in [0, 0.05) is 0 Å². The molecule has 212 valence electrons. The molecule has 1 unspecified atom stereocenters. The summed E-state index contributed by atoms with van der Waals surface area (Å²) in [5, 5.41) is 0. The molecule has 0 amide bonds. The Balaban J connectivity index is 6.87. The topological polar surface area (TPSA) is 27.7 Å². The van der Waals surface area contributed by atoms with Crippen LogP contribution in [0, 0.1) is 0 Å². The van der Waals surface area contributed by atoms with E-state index in [9.17, 15) is 96.6 Å². The van der Waals surface area contributed by atoms with Crippen molar-refractivity contribution in [2.45, 2.75) is 60.8 Å². The van der Waals surface area contributed by atoms with Crippen molar-refractivity contribution in [3.05, 3.63) is 0 Å². The van der Waals surface area contributed by atoms with Gasteiger partial charge in [-0.15, -0.1) is 26.3 Å². The quantitative estimate of drug-likeness (QED) is 0.273. The van der Waals surface area contributed by atoms with Gasteiger partial charge in [-0.1, -0.05) is 0 Å². The second-order valence-electron chi connectivity index (χ2n) is 5.56. The molecule has 1 atom stereocenters. The lowest BCUT2D eigenvalue weighted by Gasteiger charge is -2.42. The van der Waals surface area contributed by atoms with Crippen LogP contribution < -0.4 is 0 Å². The highest BCUT2D eigenvalue weighted by molar-refractivity contribution is 5.06. The maximum absolute atomic E-state index is 13.7. The third-order valence-electron chi connectivity index (χ3n) is 3.02. The van der Waals surface area contributed by atoms with E-state index in [4.69, 9.17) is 0 Å². The molecular weight excluding hydrogens is 586 g/mol. The number of ether oxygens (including phenoxy) is 3. The summed E-state index contributed by atoms with van der Waals surface area (Å²) < 4.78 is 281. The normalized spacial score (nSPS) is 18.0. The molecule has 0 spiro atoms. The maximum atomic E-state index is 13.7. The van der Waals surface area contributed by atoms with Gasteiger partial charge in [0.2, 0.25) is 0 Å². The summed E-state index contributed by atoms with van der Waals surface area (Å²) in [4.78, 5) is 0. The molecule has 0 aliphatic rings. The van der Waals surface area contributed by atoms with Crippen LogP contribution in [0.1, 0.15) is 0 Å². The fourth-order valence-corrected chi connectivity index (χ4v) is 1.51. The van der Waals surface area contributed by atoms with Crippen LogP contribution in [-0.2, 0) is 14.2 Å². The molecule has 0 aromatic heterocycles. The average molecular weight is 586 g/mol. The van der Waals surface area contributed by atoms with Gasteiger partial charge in [0.1, 0.15) is 0 Å². The molecule has 3 nitrogen and oxygen atoms in total. The van der Waals surface area contributed by atoms with Gasteiger partial charge in [-0.3, -0.25) is 4.74 Å². The average Bonchev–Trinajstić information content (AvgIpc) is 2.47. The van der Waals surface area contributed by atoms with E-state index in [1.807, 2.05) is 0 Å². The molecule has 35 heavy (non-hydrogen) atoms. The molecule has 0 heterocycles. The summed E-state index contributed by atoms with van der Waals surface area (Å²) in [6.07, 6.45) is -47.1. The Bertz CT molecular complexity index is 744. The largest absolute Gasteiger partial charge is 0.527 e. The van der Waals surface area contributed by atoms with Gasteiger partial charge < -0.3 is 0 Å². The number of hydrogen-bond acceptors (Lipinski definition) is 3. The van der Waals surface area contributed by atoms with E-state index >= 15 is 0 Å². The second kappa shape index (κ2) is 8.44. The van der Waals surface area contributed by atoms with E-state index in [0.29, 0.717) is 0 Å². The van der Waals surface area contributed by atoms with Gasteiger partial charge in [0.15, 0.2) is 0 Å². The molecule has 25 heteroatoms. The lowest BCUT2D eigenvalue weighted by molar-refractivity contribution is -0.559. The first kappa shape index (κ1) is 33.3. The highest BCUT2D eigenvalue weighted by atomic mass is 19.4. The summed E-state index contributed by atoms with van der Waals surface area (Å²) >= 11 is 0. The minimum atomic E-state index is -8.92. The molecule has 0 bridgehead atoms. The van der Waals surface area contributed by atoms with Gasteiger partial charge in [-0.2, -0.15) is 70.2 Å². The third-order valence-corrected chi connectivity index (χ3v) is 3.02. The molecule has 0 rings (SSSR count). The maximum Gasteiger partial charge on any atom is 0.527 e. The van der Waals surface area contributed by atoms with Gasteiger partial charge in [-0.25, -0.2) is 9.47 Å². The van der Waals surface area contributed by atoms with Gasteiger partial charge >= 0.3 is 60.8 Å². The number of hydrogen-bond donors (Lipinski definition) is 0. The lowest BCUT2D eigenvalue weighted by Crippen LogP contribution is -2.72. The molecule has 0 fully saturated rings. The molecule has 0 N–H and O–H groups in total. The Labute approximate surface area is 173 Å². The summed E-state index contributed by atoms with van der Waals surface area (Å²) in [6, 6.07) is 0. The third kappa shape index (κ3) is 6.02. The SMILES string of the molecule is FC(F)(F)OC(F)(F)C(F)(F)C(F)(F)OC(F)(C(F)(F)F)C(F)(F)C(F)(F)C(F)(F)OC(F)(F)F. The van der Waals surface area contributed by atoms with Crippen molar-refractivity contribution >= 4 is 0 Å². The minimum absolute atomic E-state index is 0.929. The first-order chi connectivity index (χ1) is 14.6. The zero-order valence-corrected chi connectivity index (χ0v) is 14.5. The van der Waals surface area contributed by atoms with Crippen LogP contribution in [-0.4, -0.2) is 60.8 Å². The molecule has 0 saturated carbocycles. The summed E-state index contributed by atoms with van der Waals surface area (Å²) in [5.41, 5.74) is 0. The van der Waals surface area contributed by atoms with Crippen LogP contribution in [0.3, 0.4) is 0 Å². The Morgan fingerprint density at radius 3 is 0.800 bits per heavy atom. The fourth-order valence-electron chi connectivity index (χ4n) is 1.51. The van der Waals surface area contributed by atoms with Crippen LogP contribution in [0.15, 0.2) is 0 Å². The van der Waals surface area contributed by atoms with Gasteiger partial charge in [-0.05, 0) is 0 Å². The number of rotatable bonds is 9. The van der Waals surface area contributed by atoms with E-state index in [1.54, 1.807) is 0 Å². The Morgan fingerprint density at radius 1 is 0.286 bits per heavy atom. The zero-order valence-electron chi connectivity index (χ0n) is 14.5. The predicted molar refractivity (Wildman–Crippen MR) is 54.9 cm³/mol. The molecule has 0 radical (unpaired) electrons. The van der Waals surface area contributed by atoms with Crippen molar-refractivity contribution in [2.24, 2.45) is 0 Å². The van der Waals surface area contributed by atoms with Gasteiger partial charge in [0.25, 0.3) is 0 Å². The summed E-state index contributed by atoms with van der Waals surface area (Å²) in [6.45, 7) is 0. The zero-order chi connectivity index (χ0) is 29.1. The van der Waals surface area contributed by atoms with Crippen LogP contribution in [0.25, 0.3) is 0 Å². The monoisotopic (exact) mass is 586 g/mol. The first-order valence-corrected chi connectivity index (χ1v) is 6.88. The van der Waals surface area contributed by atoms with Crippen LogP contribution >= 0.6 is 0 Å². The van der Waals surface area contributed by atoms with Crippen molar-refractivity contribution in [1.29, 1.82) is 0 Å². The smallest absolute Gasteiger partial charge is 0.264 e. The van der Waals surface area contributed by atoms with Gasteiger partial charge in [0.05, 0.1) is 0 Å². The lowest BCUT2D eigenvalue weighted by atomic mass is 10.0. The number of halogens is 22. The van der Waals surface area contributed by atoms with Crippen LogP contribution in [0.5, 0.6) is 0 Å². The highest BCUT2D eigenvalue weighted by Crippen LogP contribution is 2.61. The second-order valence-corrected chi connectivity index (χ2v) is 5.56. The molecule has 0 aromatic rings. The molecule has 0 aliphatic heterocycles. The van der Waals surface area contributed by atoms with E-state index in [2.05, 4.69) is 0 Å². The predicted octanol–water partition coefficient (Wildman–Crippen LogP) is 6.99. The van der Waals surface area contributed by atoms with Crippen LogP contribution in [0.4, 0.5) is 96.6 Å². The van der Waals surface area contributed by atoms with Crippen molar-refractivity contribution in [2.75, 3.05) is 0 Å². The Hall–Kier alpha value is -1.66. The minimum Gasteiger partial charge on any atom is -0.264 e. The highest BCUT2D eigenvalue weighted by Gasteiger charge is 2.91. The molecule has 0 saturated heterocycles. The van der Waals surface area contributed by atoms with E-state index in [0.717, 1.165) is 14.2 Å². The van der Waals surface area contributed by atoms with Crippen LogP contribution in [0.2, 0.25) is 0 Å². The van der Waals surface area contributed by atoms with E-state index < -0.39 is 60.8 Å². The van der Waals surface area contributed by atoms with Crippen molar-refractivity contribution in [3.8, 4) is 0 Å². The Morgan fingerprint density at radius 2 is 0.543 bits per heavy atom.